The van der Waals surface area contributed by atoms with Gasteiger partial charge in [-0.2, -0.15) is 0 Å². The summed E-state index contributed by atoms with van der Waals surface area (Å²) in [4.78, 5) is 8.62. The molecule has 1 atom stereocenters. The number of rotatable bonds is 8. The first-order valence-electron chi connectivity index (χ1n) is 8.54. The molecule has 1 unspecified atom stereocenters. The van der Waals surface area contributed by atoms with Crippen molar-refractivity contribution in [1.29, 1.82) is 0 Å². The third-order valence-corrected chi connectivity index (χ3v) is 3.71. The number of halogens is 1. The van der Waals surface area contributed by atoms with E-state index in [2.05, 4.69) is 20.6 Å². The van der Waals surface area contributed by atoms with Crippen molar-refractivity contribution in [2.45, 2.75) is 26.5 Å². The summed E-state index contributed by atoms with van der Waals surface area (Å²) in [6.07, 6.45) is 1.69. The average molecular weight is 377 g/mol. The van der Waals surface area contributed by atoms with Crippen LogP contribution in [-0.2, 0) is 6.54 Å². The molecule has 0 saturated heterocycles. The van der Waals surface area contributed by atoms with E-state index >= 15 is 0 Å². The van der Waals surface area contributed by atoms with Crippen LogP contribution in [0.5, 0.6) is 11.5 Å². The molecule has 0 saturated carbocycles. The van der Waals surface area contributed by atoms with E-state index in [1.54, 1.807) is 19.4 Å². The highest BCUT2D eigenvalue weighted by Crippen LogP contribution is 2.19. The number of ether oxygens (including phenoxy) is 2. The molecule has 1 heterocycles. The topological polar surface area (TPSA) is 67.8 Å². The van der Waals surface area contributed by atoms with Crippen LogP contribution in [0, 0.1) is 0 Å². The first-order valence-corrected chi connectivity index (χ1v) is 8.91. The lowest BCUT2D eigenvalue weighted by atomic mass is 10.3. The molecule has 26 heavy (non-hydrogen) atoms. The molecule has 0 amide bonds. The number of nitrogens with one attached hydrogen (secondary N) is 2. The summed E-state index contributed by atoms with van der Waals surface area (Å²) < 4.78 is 11.1. The molecule has 140 valence electrons. The zero-order valence-electron chi connectivity index (χ0n) is 15.3. The van der Waals surface area contributed by atoms with E-state index in [-0.39, 0.29) is 6.10 Å². The van der Waals surface area contributed by atoms with Crippen LogP contribution in [0.2, 0.25) is 5.15 Å². The van der Waals surface area contributed by atoms with Gasteiger partial charge in [0.1, 0.15) is 22.8 Å². The Balaban J connectivity index is 1.87. The number of aromatic nitrogens is 1. The number of pyridine rings is 1. The summed E-state index contributed by atoms with van der Waals surface area (Å²) in [5.74, 6) is 2.27. The molecule has 0 aliphatic rings. The third-order valence-electron chi connectivity index (χ3n) is 3.49. The van der Waals surface area contributed by atoms with Crippen LogP contribution < -0.4 is 20.1 Å². The predicted octanol–water partition coefficient (Wildman–Crippen LogP) is 3.27. The summed E-state index contributed by atoms with van der Waals surface area (Å²) >= 11 is 5.80. The van der Waals surface area contributed by atoms with Crippen LogP contribution in [0.15, 0.2) is 47.6 Å². The van der Waals surface area contributed by atoms with Gasteiger partial charge in [-0.25, -0.2) is 9.98 Å². The summed E-state index contributed by atoms with van der Waals surface area (Å²) in [6.45, 7) is 5.93. The van der Waals surface area contributed by atoms with Gasteiger partial charge in [0.25, 0.3) is 0 Å². The third kappa shape index (κ3) is 6.80. The Morgan fingerprint density at radius 1 is 1.23 bits per heavy atom. The lowest BCUT2D eigenvalue weighted by Gasteiger charge is -2.18. The lowest BCUT2D eigenvalue weighted by molar-refractivity contribution is 0.223. The molecule has 2 N–H and O–H groups in total. The van der Waals surface area contributed by atoms with Crippen LogP contribution in [0.3, 0.4) is 0 Å². The second-order valence-electron chi connectivity index (χ2n) is 5.67. The van der Waals surface area contributed by atoms with Crippen molar-refractivity contribution < 1.29 is 9.47 Å². The molecule has 0 bridgehead atoms. The van der Waals surface area contributed by atoms with Crippen LogP contribution in [0.4, 0.5) is 0 Å². The van der Waals surface area contributed by atoms with Gasteiger partial charge in [-0.3, -0.25) is 0 Å². The van der Waals surface area contributed by atoms with Crippen molar-refractivity contribution in [2.24, 2.45) is 4.99 Å². The Morgan fingerprint density at radius 2 is 2.04 bits per heavy atom. The number of nitrogens with zero attached hydrogens (tertiary/aromatic N) is 2. The normalized spacial score (nSPS) is 12.4. The quantitative estimate of drug-likeness (QED) is 0.420. The van der Waals surface area contributed by atoms with Crippen LogP contribution in [-0.4, -0.2) is 37.2 Å². The van der Waals surface area contributed by atoms with E-state index in [9.17, 15) is 0 Å². The molecule has 2 rings (SSSR count). The van der Waals surface area contributed by atoms with Crippen molar-refractivity contribution in [3.63, 3.8) is 0 Å². The number of aliphatic imine (C=N–C) groups is 1. The average Bonchev–Trinajstić information content (AvgIpc) is 2.65. The van der Waals surface area contributed by atoms with Gasteiger partial charge in [0.2, 0.25) is 0 Å². The fourth-order valence-corrected chi connectivity index (χ4v) is 2.31. The number of methoxy groups -OCH3 is 1. The number of benzene rings is 1. The first-order chi connectivity index (χ1) is 12.6. The molecule has 0 aliphatic carbocycles. The van der Waals surface area contributed by atoms with Gasteiger partial charge in [0, 0.05) is 18.8 Å². The predicted molar refractivity (Wildman–Crippen MR) is 105 cm³/mol. The van der Waals surface area contributed by atoms with Gasteiger partial charge < -0.3 is 20.1 Å². The number of hydrogen-bond acceptors (Lipinski definition) is 4. The summed E-state index contributed by atoms with van der Waals surface area (Å²) in [7, 11) is 1.64. The summed E-state index contributed by atoms with van der Waals surface area (Å²) in [6, 6.07) is 11.2. The molecular formula is C19H25ClN4O2. The minimum atomic E-state index is -0.0387. The highest BCUT2D eigenvalue weighted by molar-refractivity contribution is 6.29. The van der Waals surface area contributed by atoms with E-state index in [1.165, 1.54) is 0 Å². The highest BCUT2D eigenvalue weighted by Gasteiger charge is 2.07. The van der Waals surface area contributed by atoms with Gasteiger partial charge in [-0.15, -0.1) is 0 Å². The molecule has 6 nitrogen and oxygen atoms in total. The van der Waals surface area contributed by atoms with Crippen molar-refractivity contribution in [3.05, 3.63) is 53.3 Å². The van der Waals surface area contributed by atoms with Gasteiger partial charge in [-0.1, -0.05) is 23.7 Å². The number of hydrogen-bond donors (Lipinski definition) is 2. The summed E-state index contributed by atoms with van der Waals surface area (Å²) in [5, 5.41) is 6.98. The number of guanidine groups is 1. The molecule has 0 spiro atoms. The first kappa shape index (κ1) is 19.8. The van der Waals surface area contributed by atoms with Gasteiger partial charge in [0.15, 0.2) is 5.96 Å². The molecule has 0 radical (unpaired) electrons. The van der Waals surface area contributed by atoms with E-state index in [0.29, 0.717) is 18.2 Å². The molecule has 0 fully saturated rings. The fraction of sp³-hybridized carbons (Fsp3) is 0.368. The standard InChI is InChI=1S/C19H25ClN4O2/c1-4-21-19(24-13-15-8-9-18(20)22-12-15)23-11-14(2)26-17-7-5-6-16(10-17)25-3/h5-10,12,14H,4,11,13H2,1-3H3,(H2,21,23,24). The summed E-state index contributed by atoms with van der Waals surface area (Å²) in [5.41, 5.74) is 0.993. The minimum absolute atomic E-state index is 0.0387. The molecule has 1 aromatic heterocycles. The largest absolute Gasteiger partial charge is 0.497 e. The molecule has 7 heteroatoms. The molecular weight excluding hydrogens is 352 g/mol. The highest BCUT2D eigenvalue weighted by atomic mass is 35.5. The lowest BCUT2D eigenvalue weighted by Crippen LogP contribution is -2.41. The maximum Gasteiger partial charge on any atom is 0.191 e. The van der Waals surface area contributed by atoms with Crippen molar-refractivity contribution in [1.82, 2.24) is 15.6 Å². The smallest absolute Gasteiger partial charge is 0.191 e. The van der Waals surface area contributed by atoms with Crippen molar-refractivity contribution in [2.75, 3.05) is 20.2 Å². The molecule has 0 aliphatic heterocycles. The SMILES string of the molecule is CCNC(=NCc1ccc(Cl)nc1)NCC(C)Oc1cccc(OC)c1. The van der Waals surface area contributed by atoms with Crippen molar-refractivity contribution in [3.8, 4) is 11.5 Å². The van der Waals surface area contributed by atoms with Crippen molar-refractivity contribution >= 4 is 17.6 Å². The Morgan fingerprint density at radius 3 is 2.73 bits per heavy atom. The van der Waals surface area contributed by atoms with Crippen LogP contribution >= 0.6 is 11.6 Å². The van der Waals surface area contributed by atoms with E-state index in [1.807, 2.05) is 44.2 Å². The van der Waals surface area contributed by atoms with E-state index < -0.39 is 0 Å². The zero-order valence-corrected chi connectivity index (χ0v) is 16.1. The van der Waals surface area contributed by atoms with Gasteiger partial charge in [-0.05, 0) is 37.6 Å². The zero-order chi connectivity index (χ0) is 18.8. The maximum absolute atomic E-state index is 5.91. The Hall–Kier alpha value is -2.47. The van der Waals surface area contributed by atoms with E-state index in [4.69, 9.17) is 21.1 Å². The van der Waals surface area contributed by atoms with E-state index in [0.717, 1.165) is 29.6 Å². The Kier molecular flexibility index (Phi) is 8.02. The molecule has 1 aromatic carbocycles. The Labute approximate surface area is 159 Å². The van der Waals surface area contributed by atoms with Gasteiger partial charge >= 0.3 is 0 Å². The van der Waals surface area contributed by atoms with Gasteiger partial charge in [0.05, 0.1) is 20.2 Å². The maximum atomic E-state index is 5.91. The fourth-order valence-electron chi connectivity index (χ4n) is 2.20. The second-order valence-corrected chi connectivity index (χ2v) is 6.06. The van der Waals surface area contributed by atoms with Crippen LogP contribution in [0.1, 0.15) is 19.4 Å². The van der Waals surface area contributed by atoms with Crippen LogP contribution in [0.25, 0.3) is 0 Å². The monoisotopic (exact) mass is 376 g/mol. The molecule has 2 aromatic rings. The second kappa shape index (κ2) is 10.5. The minimum Gasteiger partial charge on any atom is -0.497 e. The Bertz CT molecular complexity index is 707.